The fourth-order valence-electron chi connectivity index (χ4n) is 3.57. The zero-order valence-corrected chi connectivity index (χ0v) is 14.3. The highest BCUT2D eigenvalue weighted by Gasteiger charge is 2.19. The second-order valence-electron chi connectivity index (χ2n) is 6.94. The molecule has 0 spiro atoms. The first-order chi connectivity index (χ1) is 10.2. The Labute approximate surface area is 131 Å². The Morgan fingerprint density at radius 3 is 2.38 bits per heavy atom. The van der Waals surface area contributed by atoms with Crippen LogP contribution in [0.5, 0.6) is 0 Å². The van der Waals surface area contributed by atoms with Crippen LogP contribution >= 0.6 is 0 Å². The van der Waals surface area contributed by atoms with Crippen molar-refractivity contribution in [3.05, 3.63) is 34.9 Å². The van der Waals surface area contributed by atoms with Crippen molar-refractivity contribution >= 4 is 0 Å². The van der Waals surface area contributed by atoms with Gasteiger partial charge < -0.3 is 5.32 Å². The molecule has 0 aromatic heterocycles. The zero-order chi connectivity index (χ0) is 15.1. The first-order valence-electron chi connectivity index (χ1n) is 9.01. The lowest BCUT2D eigenvalue weighted by Crippen LogP contribution is -2.24. The lowest BCUT2D eigenvalue weighted by Gasteiger charge is -2.25. The first-order valence-corrected chi connectivity index (χ1v) is 9.01. The van der Waals surface area contributed by atoms with Gasteiger partial charge in [0, 0.05) is 6.04 Å². The topological polar surface area (TPSA) is 12.0 Å². The van der Waals surface area contributed by atoms with Gasteiger partial charge in [-0.1, -0.05) is 63.6 Å². The molecule has 1 nitrogen and oxygen atoms in total. The van der Waals surface area contributed by atoms with Gasteiger partial charge >= 0.3 is 0 Å². The summed E-state index contributed by atoms with van der Waals surface area (Å²) in [4.78, 5) is 0. The van der Waals surface area contributed by atoms with Gasteiger partial charge in [-0.15, -0.1) is 0 Å². The molecule has 1 aromatic carbocycles. The fourth-order valence-corrected chi connectivity index (χ4v) is 3.57. The molecule has 0 saturated heterocycles. The van der Waals surface area contributed by atoms with Crippen LogP contribution in [0.2, 0.25) is 0 Å². The van der Waals surface area contributed by atoms with E-state index in [4.69, 9.17) is 0 Å². The normalized spacial score (nSPS) is 18.4. The minimum Gasteiger partial charge on any atom is -0.310 e. The third kappa shape index (κ3) is 5.14. The summed E-state index contributed by atoms with van der Waals surface area (Å²) < 4.78 is 0. The summed E-state index contributed by atoms with van der Waals surface area (Å²) in [7, 11) is 0. The number of aryl methyl sites for hydroxylation is 2. The Kier molecular flexibility index (Phi) is 6.76. The quantitative estimate of drug-likeness (QED) is 0.661. The average molecular weight is 287 g/mol. The predicted molar refractivity (Wildman–Crippen MR) is 92.8 cm³/mol. The summed E-state index contributed by atoms with van der Waals surface area (Å²) in [6.45, 7) is 7.83. The minimum atomic E-state index is 0.548. The third-order valence-corrected chi connectivity index (χ3v) is 5.12. The molecule has 1 fully saturated rings. The van der Waals surface area contributed by atoms with Crippen molar-refractivity contribution < 1.29 is 0 Å². The van der Waals surface area contributed by atoms with E-state index in [1.54, 1.807) is 0 Å². The molecular weight excluding hydrogens is 254 g/mol. The maximum atomic E-state index is 3.80. The molecule has 1 aliphatic carbocycles. The summed E-state index contributed by atoms with van der Waals surface area (Å²) >= 11 is 0. The van der Waals surface area contributed by atoms with Gasteiger partial charge in [0.15, 0.2) is 0 Å². The van der Waals surface area contributed by atoms with Crippen LogP contribution in [-0.4, -0.2) is 6.54 Å². The molecule has 1 N–H and O–H groups in total. The van der Waals surface area contributed by atoms with Crippen molar-refractivity contribution in [2.24, 2.45) is 5.92 Å². The van der Waals surface area contributed by atoms with Crippen LogP contribution in [0.4, 0.5) is 0 Å². The SMILES string of the molecule is CCCNC(CC1CCCCCC1)c1ccc(C)c(C)c1. The minimum absolute atomic E-state index is 0.548. The summed E-state index contributed by atoms with van der Waals surface area (Å²) in [5.41, 5.74) is 4.33. The lowest BCUT2D eigenvalue weighted by molar-refractivity contribution is 0.356. The Bertz CT molecular complexity index is 416. The summed E-state index contributed by atoms with van der Waals surface area (Å²) in [5, 5.41) is 3.80. The molecule has 0 bridgehead atoms. The van der Waals surface area contributed by atoms with Crippen molar-refractivity contribution in [1.29, 1.82) is 0 Å². The van der Waals surface area contributed by atoms with Crippen LogP contribution in [0, 0.1) is 19.8 Å². The molecule has 1 saturated carbocycles. The van der Waals surface area contributed by atoms with E-state index in [0.29, 0.717) is 6.04 Å². The van der Waals surface area contributed by atoms with Gasteiger partial charge in [0.05, 0.1) is 0 Å². The first kappa shape index (κ1) is 16.5. The zero-order valence-electron chi connectivity index (χ0n) is 14.3. The van der Waals surface area contributed by atoms with Gasteiger partial charge in [-0.3, -0.25) is 0 Å². The predicted octanol–water partition coefficient (Wildman–Crippen LogP) is 5.70. The molecular formula is C20H33N. The Morgan fingerprint density at radius 2 is 1.76 bits per heavy atom. The number of benzene rings is 1. The molecule has 0 radical (unpaired) electrons. The average Bonchev–Trinajstić information content (AvgIpc) is 2.75. The molecule has 0 heterocycles. The van der Waals surface area contributed by atoms with Gasteiger partial charge in [0.25, 0.3) is 0 Å². The van der Waals surface area contributed by atoms with Crippen molar-refractivity contribution in [1.82, 2.24) is 5.32 Å². The molecule has 21 heavy (non-hydrogen) atoms. The van der Waals surface area contributed by atoms with Crippen LogP contribution in [-0.2, 0) is 0 Å². The van der Waals surface area contributed by atoms with Crippen molar-refractivity contribution in [2.45, 2.75) is 78.2 Å². The van der Waals surface area contributed by atoms with Gasteiger partial charge in [-0.2, -0.15) is 0 Å². The van der Waals surface area contributed by atoms with Crippen LogP contribution < -0.4 is 5.32 Å². The summed E-state index contributed by atoms with van der Waals surface area (Å²) in [6.07, 6.45) is 11.2. The number of rotatable bonds is 6. The van der Waals surface area contributed by atoms with Crippen LogP contribution in [0.3, 0.4) is 0 Å². The van der Waals surface area contributed by atoms with Crippen LogP contribution in [0.15, 0.2) is 18.2 Å². The lowest BCUT2D eigenvalue weighted by atomic mass is 9.88. The van der Waals surface area contributed by atoms with Crippen LogP contribution in [0.25, 0.3) is 0 Å². The van der Waals surface area contributed by atoms with E-state index in [0.717, 1.165) is 12.5 Å². The number of nitrogens with one attached hydrogen (secondary N) is 1. The van der Waals surface area contributed by atoms with Crippen LogP contribution in [0.1, 0.15) is 81.0 Å². The Morgan fingerprint density at radius 1 is 1.05 bits per heavy atom. The molecule has 1 heteroatoms. The number of hydrogen-bond donors (Lipinski definition) is 1. The van der Waals surface area contributed by atoms with E-state index in [-0.39, 0.29) is 0 Å². The Balaban J connectivity index is 2.06. The molecule has 1 aromatic rings. The highest BCUT2D eigenvalue weighted by molar-refractivity contribution is 5.31. The highest BCUT2D eigenvalue weighted by Crippen LogP contribution is 2.31. The molecule has 118 valence electrons. The number of hydrogen-bond acceptors (Lipinski definition) is 1. The second kappa shape index (κ2) is 8.58. The molecule has 2 rings (SSSR count). The van der Waals surface area contributed by atoms with Crippen molar-refractivity contribution in [3.8, 4) is 0 Å². The smallest absolute Gasteiger partial charge is 0.0322 e. The van der Waals surface area contributed by atoms with Crippen molar-refractivity contribution in [3.63, 3.8) is 0 Å². The molecule has 1 atom stereocenters. The van der Waals surface area contributed by atoms with Crippen molar-refractivity contribution in [2.75, 3.05) is 6.54 Å². The molecule has 0 amide bonds. The van der Waals surface area contributed by atoms with E-state index in [2.05, 4.69) is 44.3 Å². The summed E-state index contributed by atoms with van der Waals surface area (Å²) in [5.74, 6) is 0.920. The fraction of sp³-hybridized carbons (Fsp3) is 0.700. The monoisotopic (exact) mass is 287 g/mol. The molecule has 1 aliphatic rings. The van der Waals surface area contributed by atoms with Gasteiger partial charge in [-0.25, -0.2) is 0 Å². The molecule has 1 unspecified atom stereocenters. The second-order valence-corrected chi connectivity index (χ2v) is 6.94. The molecule has 0 aliphatic heterocycles. The summed E-state index contributed by atoms with van der Waals surface area (Å²) in [6, 6.07) is 7.58. The largest absolute Gasteiger partial charge is 0.310 e. The Hall–Kier alpha value is -0.820. The van der Waals surface area contributed by atoms with E-state index >= 15 is 0 Å². The van der Waals surface area contributed by atoms with Gasteiger partial charge in [-0.05, 0) is 55.8 Å². The maximum absolute atomic E-state index is 3.80. The maximum Gasteiger partial charge on any atom is 0.0322 e. The highest BCUT2D eigenvalue weighted by atomic mass is 14.9. The van der Waals surface area contributed by atoms with E-state index in [1.807, 2.05) is 0 Å². The van der Waals surface area contributed by atoms with E-state index in [9.17, 15) is 0 Å². The third-order valence-electron chi connectivity index (χ3n) is 5.12. The standard InChI is InChI=1S/C20H33N/c1-4-13-21-20(15-18-9-7-5-6-8-10-18)19-12-11-16(2)17(3)14-19/h11-12,14,18,20-21H,4-10,13,15H2,1-3H3. The van der Waals surface area contributed by atoms with E-state index < -0.39 is 0 Å². The van der Waals surface area contributed by atoms with E-state index in [1.165, 1.54) is 68.1 Å². The van der Waals surface area contributed by atoms with Gasteiger partial charge in [0.1, 0.15) is 0 Å². The van der Waals surface area contributed by atoms with Gasteiger partial charge in [0.2, 0.25) is 0 Å².